The molecule has 1 aromatic rings. The highest BCUT2D eigenvalue weighted by Gasteiger charge is 2.25. The molecule has 0 saturated heterocycles. The number of rotatable bonds is 6. The van der Waals surface area contributed by atoms with Gasteiger partial charge >= 0.3 is 0 Å². The third kappa shape index (κ3) is 3.92. The van der Waals surface area contributed by atoms with E-state index in [1.54, 1.807) is 12.1 Å². The Morgan fingerprint density at radius 1 is 1.53 bits per heavy atom. The van der Waals surface area contributed by atoms with Crippen LogP contribution in [-0.4, -0.2) is 16.9 Å². The topological polar surface area (TPSA) is 80.0 Å². The summed E-state index contributed by atoms with van der Waals surface area (Å²) < 4.78 is 0. The van der Waals surface area contributed by atoms with Crippen molar-refractivity contribution in [3.63, 3.8) is 0 Å². The number of anilines is 1. The van der Waals surface area contributed by atoms with Gasteiger partial charge in [-0.2, -0.15) is 0 Å². The Morgan fingerprint density at radius 2 is 2.26 bits per heavy atom. The normalized spacial score (nSPS) is 15.9. The average Bonchev–Trinajstić information content (AvgIpc) is 3.20. The molecule has 1 unspecified atom stereocenters. The van der Waals surface area contributed by atoms with E-state index in [-0.39, 0.29) is 11.9 Å². The number of nitrogen functional groups attached to an aromatic ring is 1. The fourth-order valence-corrected chi connectivity index (χ4v) is 2.23. The average molecular weight is 262 g/mol. The van der Waals surface area contributed by atoms with Gasteiger partial charge in [-0.1, -0.05) is 19.8 Å². The van der Waals surface area contributed by atoms with Crippen LogP contribution in [0.5, 0.6) is 0 Å². The molecule has 1 aliphatic carbocycles. The summed E-state index contributed by atoms with van der Waals surface area (Å²) >= 11 is 0. The van der Waals surface area contributed by atoms with Crippen molar-refractivity contribution in [1.29, 1.82) is 0 Å². The molecule has 5 nitrogen and oxygen atoms in total. The fraction of sp³-hybridized carbons (Fsp3) is 0.571. The molecule has 1 aliphatic rings. The van der Waals surface area contributed by atoms with Crippen LogP contribution in [0.25, 0.3) is 0 Å². The predicted octanol–water partition coefficient (Wildman–Crippen LogP) is 1.98. The summed E-state index contributed by atoms with van der Waals surface area (Å²) in [5.74, 6) is 6.62. The number of hydrogen-bond acceptors (Lipinski definition) is 4. The number of nitrogens with two attached hydrogens (primary N) is 1. The van der Waals surface area contributed by atoms with Crippen LogP contribution >= 0.6 is 0 Å². The van der Waals surface area contributed by atoms with Gasteiger partial charge in [0.2, 0.25) is 0 Å². The first-order valence-electron chi connectivity index (χ1n) is 6.88. The van der Waals surface area contributed by atoms with Gasteiger partial charge in [0.25, 0.3) is 5.91 Å². The zero-order valence-corrected chi connectivity index (χ0v) is 11.6. The Bertz CT molecular complexity index is 457. The van der Waals surface area contributed by atoms with Crippen molar-refractivity contribution in [2.24, 2.45) is 11.8 Å². The van der Waals surface area contributed by atoms with Crippen LogP contribution in [0.2, 0.25) is 0 Å². The first kappa shape index (κ1) is 13.8. The van der Waals surface area contributed by atoms with Gasteiger partial charge in [-0.25, -0.2) is 10.8 Å². The Balaban J connectivity index is 2.03. The quantitative estimate of drug-likeness (QED) is 0.541. The van der Waals surface area contributed by atoms with Crippen molar-refractivity contribution < 1.29 is 4.79 Å². The van der Waals surface area contributed by atoms with Crippen LogP contribution in [0, 0.1) is 12.8 Å². The first-order valence-corrected chi connectivity index (χ1v) is 6.88. The minimum Gasteiger partial charge on any atom is -0.349 e. The lowest BCUT2D eigenvalue weighted by Crippen LogP contribution is -2.34. The molecule has 0 radical (unpaired) electrons. The zero-order valence-electron chi connectivity index (χ0n) is 11.6. The van der Waals surface area contributed by atoms with E-state index in [4.69, 9.17) is 5.84 Å². The Kier molecular flexibility index (Phi) is 4.37. The molecule has 0 aliphatic heterocycles. The van der Waals surface area contributed by atoms with E-state index in [1.807, 2.05) is 6.92 Å². The number of aryl methyl sites for hydroxylation is 1. The Hall–Kier alpha value is -1.62. The molecule has 104 valence electrons. The van der Waals surface area contributed by atoms with Crippen LogP contribution in [0.15, 0.2) is 12.1 Å². The highest BCUT2D eigenvalue weighted by molar-refractivity contribution is 5.95. The number of carbonyl (C=O) groups is 1. The van der Waals surface area contributed by atoms with Crippen molar-refractivity contribution in [3.05, 3.63) is 23.4 Å². The van der Waals surface area contributed by atoms with E-state index in [9.17, 15) is 4.79 Å². The van der Waals surface area contributed by atoms with E-state index < -0.39 is 0 Å². The second kappa shape index (κ2) is 6.02. The standard InChI is InChI=1S/C14H22N4O/c1-3-12(7-10-4-5-10)17-14(19)11-6-9(2)16-13(8-11)18-15/h6,8,10,12H,3-5,7,15H2,1-2H3,(H,16,18)(H,17,19). The summed E-state index contributed by atoms with van der Waals surface area (Å²) in [6, 6.07) is 3.72. The molecule has 2 rings (SSSR count). The van der Waals surface area contributed by atoms with Crippen molar-refractivity contribution in [3.8, 4) is 0 Å². The molecular weight excluding hydrogens is 240 g/mol. The van der Waals surface area contributed by atoms with Gasteiger partial charge in [0.1, 0.15) is 5.82 Å². The van der Waals surface area contributed by atoms with Crippen molar-refractivity contribution >= 4 is 11.7 Å². The van der Waals surface area contributed by atoms with Crippen molar-refractivity contribution in [1.82, 2.24) is 10.3 Å². The van der Waals surface area contributed by atoms with Gasteiger partial charge in [-0.15, -0.1) is 0 Å². The lowest BCUT2D eigenvalue weighted by atomic mass is 10.1. The van der Waals surface area contributed by atoms with Gasteiger partial charge in [-0.05, 0) is 37.8 Å². The van der Waals surface area contributed by atoms with Crippen LogP contribution in [0.4, 0.5) is 5.82 Å². The molecule has 1 atom stereocenters. The molecule has 0 spiro atoms. The largest absolute Gasteiger partial charge is 0.349 e. The third-order valence-corrected chi connectivity index (χ3v) is 3.51. The van der Waals surface area contributed by atoms with Crippen LogP contribution in [0.3, 0.4) is 0 Å². The minimum atomic E-state index is -0.0468. The second-order valence-electron chi connectivity index (χ2n) is 5.28. The summed E-state index contributed by atoms with van der Waals surface area (Å²) in [5.41, 5.74) is 3.86. The minimum absolute atomic E-state index is 0.0468. The molecule has 19 heavy (non-hydrogen) atoms. The summed E-state index contributed by atoms with van der Waals surface area (Å²) in [7, 11) is 0. The van der Waals surface area contributed by atoms with E-state index in [0.29, 0.717) is 11.4 Å². The molecule has 0 bridgehead atoms. The summed E-state index contributed by atoms with van der Waals surface area (Å²) in [4.78, 5) is 16.4. The smallest absolute Gasteiger partial charge is 0.251 e. The van der Waals surface area contributed by atoms with E-state index >= 15 is 0 Å². The number of nitrogens with one attached hydrogen (secondary N) is 2. The van der Waals surface area contributed by atoms with Gasteiger partial charge in [0.05, 0.1) is 0 Å². The third-order valence-electron chi connectivity index (χ3n) is 3.51. The second-order valence-corrected chi connectivity index (χ2v) is 5.28. The number of hydrogen-bond donors (Lipinski definition) is 3. The molecule has 1 heterocycles. The van der Waals surface area contributed by atoms with E-state index in [1.165, 1.54) is 12.8 Å². The molecular formula is C14H22N4O. The summed E-state index contributed by atoms with van der Waals surface area (Å²) in [6.07, 6.45) is 4.67. The number of hydrazine groups is 1. The van der Waals surface area contributed by atoms with E-state index in [0.717, 1.165) is 24.5 Å². The maximum absolute atomic E-state index is 12.2. The molecule has 1 fully saturated rings. The highest BCUT2D eigenvalue weighted by Crippen LogP contribution is 2.34. The molecule has 5 heteroatoms. The van der Waals surface area contributed by atoms with Crippen LogP contribution < -0.4 is 16.6 Å². The number of aromatic nitrogens is 1. The molecule has 1 amide bonds. The van der Waals surface area contributed by atoms with Crippen molar-refractivity contribution in [2.75, 3.05) is 5.43 Å². The predicted molar refractivity (Wildman–Crippen MR) is 75.7 cm³/mol. The fourth-order valence-electron chi connectivity index (χ4n) is 2.23. The summed E-state index contributed by atoms with van der Waals surface area (Å²) in [5, 5.41) is 3.10. The van der Waals surface area contributed by atoms with Gasteiger partial charge in [0.15, 0.2) is 0 Å². The Morgan fingerprint density at radius 3 is 2.84 bits per heavy atom. The molecule has 4 N–H and O–H groups in total. The van der Waals surface area contributed by atoms with Crippen molar-refractivity contribution in [2.45, 2.75) is 45.6 Å². The molecule has 1 saturated carbocycles. The highest BCUT2D eigenvalue weighted by atomic mass is 16.1. The lowest BCUT2D eigenvalue weighted by Gasteiger charge is -2.17. The number of nitrogens with zero attached hydrogens (tertiary/aromatic N) is 1. The van der Waals surface area contributed by atoms with Gasteiger partial charge < -0.3 is 10.7 Å². The SMILES string of the molecule is CCC(CC1CC1)NC(=O)c1cc(C)nc(NN)c1. The lowest BCUT2D eigenvalue weighted by molar-refractivity contribution is 0.0932. The number of carbonyl (C=O) groups excluding carboxylic acids is 1. The number of amides is 1. The number of pyridine rings is 1. The maximum atomic E-state index is 12.2. The zero-order chi connectivity index (χ0) is 13.8. The monoisotopic (exact) mass is 262 g/mol. The molecule has 1 aromatic heterocycles. The maximum Gasteiger partial charge on any atom is 0.251 e. The van der Waals surface area contributed by atoms with Crippen LogP contribution in [0.1, 0.15) is 48.7 Å². The van der Waals surface area contributed by atoms with Crippen LogP contribution in [-0.2, 0) is 0 Å². The molecule has 0 aromatic carbocycles. The first-order chi connectivity index (χ1) is 9.12. The summed E-state index contributed by atoms with van der Waals surface area (Å²) in [6.45, 7) is 3.96. The Labute approximate surface area is 114 Å². The van der Waals surface area contributed by atoms with E-state index in [2.05, 4.69) is 22.7 Å². The van der Waals surface area contributed by atoms with Gasteiger partial charge in [-0.3, -0.25) is 4.79 Å². The van der Waals surface area contributed by atoms with Gasteiger partial charge in [0, 0.05) is 17.3 Å².